The number of fused-ring (bicyclic) bond motifs is 1. The van der Waals surface area contributed by atoms with Crippen molar-refractivity contribution in [2.24, 2.45) is 5.92 Å². The van der Waals surface area contributed by atoms with E-state index in [0.717, 1.165) is 0 Å². The zero-order valence-corrected chi connectivity index (χ0v) is 17.0. The first-order valence-corrected chi connectivity index (χ1v) is 9.99. The van der Waals surface area contributed by atoms with Gasteiger partial charge in [0.2, 0.25) is 0 Å². The molecule has 0 amide bonds. The van der Waals surface area contributed by atoms with Crippen LogP contribution < -0.4 is 5.32 Å². The lowest BCUT2D eigenvalue weighted by molar-refractivity contribution is -0.331. The molecule has 0 bridgehead atoms. The van der Waals surface area contributed by atoms with E-state index in [1.165, 1.54) is 31.2 Å². The van der Waals surface area contributed by atoms with E-state index in [2.05, 4.69) is 5.32 Å². The molecule has 1 saturated heterocycles. The second kappa shape index (κ2) is 8.47. The van der Waals surface area contributed by atoms with E-state index in [0.29, 0.717) is 29.3 Å². The molecule has 6 nitrogen and oxygen atoms in total. The van der Waals surface area contributed by atoms with Crippen molar-refractivity contribution in [3.05, 3.63) is 46.2 Å². The van der Waals surface area contributed by atoms with Gasteiger partial charge in [-0.05, 0) is 50.5 Å². The maximum absolute atomic E-state index is 14.1. The van der Waals surface area contributed by atoms with Crippen molar-refractivity contribution in [1.29, 1.82) is 0 Å². The van der Waals surface area contributed by atoms with Crippen LogP contribution in [0.15, 0.2) is 35.7 Å². The molecule has 2 aliphatic rings. The average Bonchev–Trinajstić information content (AvgIpc) is 2.94. The topological polar surface area (TPSA) is 78.9 Å². The van der Waals surface area contributed by atoms with Gasteiger partial charge in [0.15, 0.2) is 5.78 Å². The third-order valence-corrected chi connectivity index (χ3v) is 5.58. The number of hydrogen-bond acceptors (Lipinski definition) is 6. The van der Waals surface area contributed by atoms with Crippen LogP contribution in [-0.2, 0) is 9.53 Å². The molecule has 3 rings (SSSR count). The fourth-order valence-corrected chi connectivity index (χ4v) is 3.99. The largest absolute Gasteiger partial charge is 0.466 e. The Morgan fingerprint density at radius 2 is 1.97 bits per heavy atom. The highest BCUT2D eigenvalue weighted by molar-refractivity contribution is 6.30. The van der Waals surface area contributed by atoms with Crippen LogP contribution in [0.2, 0.25) is 5.02 Å². The molecule has 2 heterocycles. The summed E-state index contributed by atoms with van der Waals surface area (Å²) in [6.07, 6.45) is -4.89. The molecule has 10 heteroatoms. The predicted octanol–water partition coefficient (Wildman–Crippen LogP) is 3.25. The Balaban J connectivity index is 2.17. The van der Waals surface area contributed by atoms with Crippen molar-refractivity contribution in [2.75, 3.05) is 19.7 Å². The Hall–Kier alpha value is -2.26. The van der Waals surface area contributed by atoms with Crippen LogP contribution in [-0.4, -0.2) is 53.4 Å². The first kappa shape index (κ1) is 22.4. The Labute approximate surface area is 176 Å². The molecule has 0 spiro atoms. The normalized spacial score (nSPS) is 24.6. The second-order valence-electron chi connectivity index (χ2n) is 7.18. The standard InChI is InChI=1S/C20H22ClF3N2O4/c1-2-30-18(28)15-11-14(16(27)12-5-7-13(21)8-6-12)17-25-9-3-4-10-26(17)19(15,29)20(22,23)24/h5-8,15,25,29H,2-4,9-11H2,1H3. The van der Waals surface area contributed by atoms with Crippen molar-refractivity contribution in [1.82, 2.24) is 10.2 Å². The number of ketones is 1. The number of carbonyl (C=O) groups is 2. The van der Waals surface area contributed by atoms with Crippen molar-refractivity contribution >= 4 is 23.4 Å². The minimum atomic E-state index is -5.16. The number of allylic oxidation sites excluding steroid dienone is 1. The minimum Gasteiger partial charge on any atom is -0.466 e. The molecule has 1 aromatic carbocycles. The quantitative estimate of drug-likeness (QED) is 0.546. The highest BCUT2D eigenvalue weighted by atomic mass is 35.5. The van der Waals surface area contributed by atoms with E-state index in [4.69, 9.17) is 16.3 Å². The smallest absolute Gasteiger partial charge is 0.437 e. The lowest BCUT2D eigenvalue weighted by Gasteiger charge is -2.49. The van der Waals surface area contributed by atoms with E-state index >= 15 is 0 Å². The molecular formula is C20H22ClF3N2O4. The number of hydrogen-bond donors (Lipinski definition) is 2. The summed E-state index contributed by atoms with van der Waals surface area (Å²) in [7, 11) is 0. The molecule has 2 N–H and O–H groups in total. The van der Waals surface area contributed by atoms with Gasteiger partial charge in [-0.2, -0.15) is 13.2 Å². The molecule has 2 unspecified atom stereocenters. The molecule has 164 valence electrons. The molecule has 30 heavy (non-hydrogen) atoms. The highest BCUT2D eigenvalue weighted by Crippen LogP contribution is 2.48. The van der Waals surface area contributed by atoms with E-state index < -0.39 is 36.0 Å². The lowest BCUT2D eigenvalue weighted by Crippen LogP contribution is -2.68. The summed E-state index contributed by atoms with van der Waals surface area (Å²) in [6.45, 7) is 1.47. The number of alkyl halides is 3. The van der Waals surface area contributed by atoms with Gasteiger partial charge in [-0.25, -0.2) is 0 Å². The molecule has 2 aliphatic heterocycles. The maximum Gasteiger partial charge on any atom is 0.437 e. The van der Waals surface area contributed by atoms with Gasteiger partial charge in [-0.15, -0.1) is 0 Å². The summed E-state index contributed by atoms with van der Waals surface area (Å²) < 4.78 is 47.2. The number of esters is 1. The molecule has 0 aromatic heterocycles. The van der Waals surface area contributed by atoms with Gasteiger partial charge in [0.25, 0.3) is 5.72 Å². The molecule has 1 fully saturated rings. The average molecular weight is 447 g/mol. The minimum absolute atomic E-state index is 0.00815. The van der Waals surface area contributed by atoms with Crippen LogP contribution in [0.4, 0.5) is 13.2 Å². The third-order valence-electron chi connectivity index (χ3n) is 5.33. The van der Waals surface area contributed by atoms with Crippen molar-refractivity contribution in [3.63, 3.8) is 0 Å². The van der Waals surface area contributed by atoms with Crippen molar-refractivity contribution in [3.8, 4) is 0 Å². The molecule has 0 radical (unpaired) electrons. The number of Topliss-reactive ketones (excluding diaryl/α,β-unsaturated/α-hetero) is 1. The predicted molar refractivity (Wildman–Crippen MR) is 102 cm³/mol. The summed E-state index contributed by atoms with van der Waals surface area (Å²) in [5, 5.41) is 14.2. The highest BCUT2D eigenvalue weighted by Gasteiger charge is 2.67. The first-order chi connectivity index (χ1) is 14.1. The van der Waals surface area contributed by atoms with E-state index in [9.17, 15) is 27.9 Å². The van der Waals surface area contributed by atoms with Crippen molar-refractivity contribution in [2.45, 2.75) is 38.1 Å². The van der Waals surface area contributed by atoms with E-state index in [1.54, 1.807) is 0 Å². The molecule has 0 aliphatic carbocycles. The number of carbonyl (C=O) groups excluding carboxylic acids is 2. The number of halogens is 4. The van der Waals surface area contributed by atoms with Gasteiger partial charge < -0.3 is 20.1 Å². The zero-order chi connectivity index (χ0) is 22.1. The van der Waals surface area contributed by atoms with Crippen LogP contribution in [0.5, 0.6) is 0 Å². The second-order valence-corrected chi connectivity index (χ2v) is 7.62. The summed E-state index contributed by atoms with van der Waals surface area (Å²) in [6, 6.07) is 5.92. The number of rotatable bonds is 4. The van der Waals surface area contributed by atoms with Gasteiger partial charge in [-0.1, -0.05) is 11.6 Å². The molecule has 0 saturated carbocycles. The fraction of sp³-hybridized carbons (Fsp3) is 0.500. The summed E-state index contributed by atoms with van der Waals surface area (Å²) >= 11 is 5.86. The lowest BCUT2D eigenvalue weighted by atomic mass is 9.80. The number of aliphatic hydroxyl groups is 1. The van der Waals surface area contributed by atoms with Gasteiger partial charge in [0.1, 0.15) is 11.7 Å². The van der Waals surface area contributed by atoms with Crippen LogP contribution in [0.3, 0.4) is 0 Å². The fourth-order valence-electron chi connectivity index (χ4n) is 3.87. The number of nitrogens with zero attached hydrogens (tertiary/aromatic N) is 1. The van der Waals surface area contributed by atoms with Gasteiger partial charge in [0, 0.05) is 29.2 Å². The Bertz CT molecular complexity index is 857. The first-order valence-electron chi connectivity index (χ1n) is 9.62. The monoisotopic (exact) mass is 446 g/mol. The summed E-state index contributed by atoms with van der Waals surface area (Å²) in [5.41, 5.74) is -3.28. The van der Waals surface area contributed by atoms with Crippen LogP contribution in [0, 0.1) is 5.92 Å². The van der Waals surface area contributed by atoms with Crippen molar-refractivity contribution < 1.29 is 32.6 Å². The molecule has 1 aromatic rings. The molecule has 2 atom stereocenters. The van der Waals surface area contributed by atoms with E-state index in [-0.39, 0.29) is 30.1 Å². The maximum atomic E-state index is 14.1. The van der Waals surface area contributed by atoms with Gasteiger partial charge in [0.05, 0.1) is 6.61 Å². The van der Waals surface area contributed by atoms with E-state index in [1.807, 2.05) is 0 Å². The number of nitrogens with one attached hydrogen (secondary N) is 1. The Morgan fingerprint density at radius 3 is 2.57 bits per heavy atom. The van der Waals surface area contributed by atoms with Gasteiger partial charge in [-0.3, -0.25) is 9.59 Å². The Morgan fingerprint density at radius 1 is 1.30 bits per heavy atom. The molecular weight excluding hydrogens is 425 g/mol. The number of ether oxygens (including phenoxy) is 1. The third kappa shape index (κ3) is 3.88. The SMILES string of the molecule is CCOC(=O)C1CC(C(=O)c2ccc(Cl)cc2)=C2NCCCCN2C1(O)C(F)(F)F. The summed E-state index contributed by atoms with van der Waals surface area (Å²) in [4.78, 5) is 26.4. The van der Waals surface area contributed by atoms with Crippen LogP contribution >= 0.6 is 11.6 Å². The zero-order valence-electron chi connectivity index (χ0n) is 16.3. The number of benzene rings is 1. The van der Waals surface area contributed by atoms with Crippen LogP contribution in [0.1, 0.15) is 36.5 Å². The summed E-state index contributed by atoms with van der Waals surface area (Å²) in [5.74, 6) is -3.86. The van der Waals surface area contributed by atoms with Gasteiger partial charge >= 0.3 is 12.1 Å². The van der Waals surface area contributed by atoms with Crippen LogP contribution in [0.25, 0.3) is 0 Å². The Kier molecular flexibility index (Phi) is 6.33.